The van der Waals surface area contributed by atoms with Crippen LogP contribution in [0.4, 0.5) is 0 Å². The monoisotopic (exact) mass is 357 g/mol. The second kappa shape index (κ2) is 7.51. The van der Waals surface area contributed by atoms with Gasteiger partial charge in [-0.05, 0) is 24.5 Å². The van der Waals surface area contributed by atoms with Gasteiger partial charge in [-0.15, -0.1) is 0 Å². The number of para-hydroxylation sites is 1. The first-order valence-corrected chi connectivity index (χ1v) is 8.29. The minimum Gasteiger partial charge on any atom is -0.480 e. The van der Waals surface area contributed by atoms with E-state index in [9.17, 15) is 14.4 Å². The topological polar surface area (TPSA) is 108 Å². The molecule has 0 saturated heterocycles. The molecule has 0 unspecified atom stereocenters. The highest BCUT2D eigenvalue weighted by atomic mass is 16.4. The lowest BCUT2D eigenvalue weighted by Gasteiger charge is -2.31. The van der Waals surface area contributed by atoms with Gasteiger partial charge in [-0.3, -0.25) is 19.4 Å². The van der Waals surface area contributed by atoms with Crippen LogP contribution in [0.1, 0.15) is 38.1 Å². The maximum Gasteiger partial charge on any atom is 0.325 e. The Hall–Kier alpha value is -2.96. The molecule has 0 aliphatic carbocycles. The van der Waals surface area contributed by atoms with Crippen LogP contribution in [0, 0.1) is 5.41 Å². The number of fused-ring (bicyclic) bond motifs is 1. The van der Waals surface area contributed by atoms with Crippen LogP contribution in [0.25, 0.3) is 10.9 Å². The average molecular weight is 357 g/mol. The SMILES string of the molecule is C[C@H](NC(=O)[C@@H](NC(=O)c1ccnc2ccccc12)C(C)(C)C)C(=O)O. The van der Waals surface area contributed by atoms with Gasteiger partial charge in [0.15, 0.2) is 0 Å². The maximum absolute atomic E-state index is 12.8. The van der Waals surface area contributed by atoms with Crippen LogP contribution in [-0.2, 0) is 9.59 Å². The lowest BCUT2D eigenvalue weighted by Crippen LogP contribution is -2.56. The molecule has 2 amide bonds. The van der Waals surface area contributed by atoms with Gasteiger partial charge in [-0.1, -0.05) is 39.0 Å². The van der Waals surface area contributed by atoms with E-state index in [4.69, 9.17) is 5.11 Å². The number of carbonyl (C=O) groups is 3. The molecular formula is C19H23N3O4. The third kappa shape index (κ3) is 4.36. The van der Waals surface area contributed by atoms with Crippen LogP contribution in [0.15, 0.2) is 36.5 Å². The number of pyridine rings is 1. The summed E-state index contributed by atoms with van der Waals surface area (Å²) in [4.78, 5) is 40.5. The number of carboxylic acids is 1. The number of aliphatic carboxylic acids is 1. The van der Waals surface area contributed by atoms with E-state index in [-0.39, 0.29) is 0 Å². The van der Waals surface area contributed by atoms with E-state index in [1.165, 1.54) is 13.1 Å². The van der Waals surface area contributed by atoms with Gasteiger partial charge in [0.25, 0.3) is 5.91 Å². The lowest BCUT2D eigenvalue weighted by molar-refractivity contribution is -0.142. The first kappa shape index (κ1) is 19.4. The summed E-state index contributed by atoms with van der Waals surface area (Å²) in [6, 6.07) is 6.87. The molecular weight excluding hydrogens is 334 g/mol. The molecule has 3 N–H and O–H groups in total. The third-order valence-corrected chi connectivity index (χ3v) is 4.03. The molecule has 138 valence electrons. The Bertz CT molecular complexity index is 837. The van der Waals surface area contributed by atoms with Gasteiger partial charge in [-0.2, -0.15) is 0 Å². The van der Waals surface area contributed by atoms with Crippen molar-refractivity contribution in [1.29, 1.82) is 0 Å². The number of nitrogens with one attached hydrogen (secondary N) is 2. The molecule has 7 heteroatoms. The Morgan fingerprint density at radius 3 is 2.35 bits per heavy atom. The van der Waals surface area contributed by atoms with Crippen molar-refractivity contribution in [2.75, 3.05) is 0 Å². The Labute approximate surface area is 151 Å². The number of hydrogen-bond acceptors (Lipinski definition) is 4. The van der Waals surface area contributed by atoms with Crippen molar-refractivity contribution in [3.63, 3.8) is 0 Å². The molecule has 2 atom stereocenters. The second-order valence-electron chi connectivity index (χ2n) is 7.22. The van der Waals surface area contributed by atoms with Gasteiger partial charge >= 0.3 is 5.97 Å². The van der Waals surface area contributed by atoms with Gasteiger partial charge in [-0.25, -0.2) is 0 Å². The highest BCUT2D eigenvalue weighted by Gasteiger charge is 2.34. The fraction of sp³-hybridized carbons (Fsp3) is 0.368. The Morgan fingerprint density at radius 1 is 1.08 bits per heavy atom. The predicted octanol–water partition coefficient (Wildman–Crippen LogP) is 1.97. The fourth-order valence-corrected chi connectivity index (χ4v) is 2.54. The Kier molecular flexibility index (Phi) is 5.59. The van der Waals surface area contributed by atoms with Crippen molar-refractivity contribution in [2.24, 2.45) is 5.41 Å². The average Bonchev–Trinajstić information content (AvgIpc) is 2.57. The quantitative estimate of drug-likeness (QED) is 0.758. The molecule has 0 fully saturated rings. The molecule has 0 saturated carbocycles. The van der Waals surface area contributed by atoms with E-state index in [0.29, 0.717) is 16.5 Å². The summed E-state index contributed by atoms with van der Waals surface area (Å²) in [7, 11) is 0. The van der Waals surface area contributed by atoms with Crippen LogP contribution < -0.4 is 10.6 Å². The summed E-state index contributed by atoms with van der Waals surface area (Å²) >= 11 is 0. The van der Waals surface area contributed by atoms with E-state index in [0.717, 1.165) is 0 Å². The molecule has 1 aromatic heterocycles. The summed E-state index contributed by atoms with van der Waals surface area (Å²) in [6.07, 6.45) is 1.54. The number of amides is 2. The second-order valence-corrected chi connectivity index (χ2v) is 7.22. The molecule has 2 rings (SSSR count). The molecule has 0 aliphatic rings. The molecule has 0 radical (unpaired) electrons. The van der Waals surface area contributed by atoms with Crippen molar-refractivity contribution in [1.82, 2.24) is 15.6 Å². The zero-order valence-corrected chi connectivity index (χ0v) is 15.2. The standard InChI is InChI=1S/C19H23N3O4/c1-11(18(25)26)21-17(24)15(19(2,3)4)22-16(23)13-9-10-20-14-8-6-5-7-12(13)14/h5-11,15H,1-4H3,(H,21,24)(H,22,23)(H,25,26)/t11-,15+/m0/s1. The molecule has 2 aromatic rings. The molecule has 0 bridgehead atoms. The Balaban J connectivity index is 2.29. The van der Waals surface area contributed by atoms with Crippen molar-refractivity contribution in [2.45, 2.75) is 39.8 Å². The van der Waals surface area contributed by atoms with Gasteiger partial charge in [0.2, 0.25) is 5.91 Å². The molecule has 0 aliphatic heterocycles. The largest absolute Gasteiger partial charge is 0.480 e. The number of carboxylic acid groups (broad SMARTS) is 1. The molecule has 0 spiro atoms. The number of benzene rings is 1. The first-order valence-electron chi connectivity index (χ1n) is 8.29. The van der Waals surface area contributed by atoms with Crippen LogP contribution in [-0.4, -0.2) is 40.0 Å². The van der Waals surface area contributed by atoms with E-state index in [2.05, 4.69) is 15.6 Å². The number of nitrogens with zero attached hydrogens (tertiary/aromatic N) is 1. The van der Waals surface area contributed by atoms with Crippen molar-refractivity contribution >= 4 is 28.7 Å². The summed E-state index contributed by atoms with van der Waals surface area (Å²) in [6.45, 7) is 6.77. The van der Waals surface area contributed by atoms with E-state index in [1.807, 2.05) is 12.1 Å². The predicted molar refractivity (Wildman–Crippen MR) is 97.7 cm³/mol. The van der Waals surface area contributed by atoms with Crippen molar-refractivity contribution in [3.8, 4) is 0 Å². The van der Waals surface area contributed by atoms with E-state index >= 15 is 0 Å². The number of aromatic nitrogens is 1. The fourth-order valence-electron chi connectivity index (χ4n) is 2.54. The highest BCUT2D eigenvalue weighted by Crippen LogP contribution is 2.22. The van der Waals surface area contributed by atoms with E-state index < -0.39 is 35.3 Å². The van der Waals surface area contributed by atoms with Crippen molar-refractivity contribution < 1.29 is 19.5 Å². The summed E-state index contributed by atoms with van der Waals surface area (Å²) < 4.78 is 0. The van der Waals surface area contributed by atoms with Crippen LogP contribution in [0.2, 0.25) is 0 Å². The third-order valence-electron chi connectivity index (χ3n) is 4.03. The maximum atomic E-state index is 12.8. The molecule has 1 heterocycles. The first-order chi connectivity index (χ1) is 12.1. The Morgan fingerprint density at radius 2 is 1.73 bits per heavy atom. The zero-order chi connectivity index (χ0) is 19.5. The van der Waals surface area contributed by atoms with Gasteiger partial charge in [0.1, 0.15) is 12.1 Å². The van der Waals surface area contributed by atoms with E-state index in [1.54, 1.807) is 39.0 Å². The number of carbonyl (C=O) groups excluding carboxylic acids is 2. The molecule has 7 nitrogen and oxygen atoms in total. The lowest BCUT2D eigenvalue weighted by atomic mass is 9.85. The van der Waals surface area contributed by atoms with Gasteiger partial charge in [0.05, 0.1) is 11.1 Å². The summed E-state index contributed by atoms with van der Waals surface area (Å²) in [5, 5.41) is 14.8. The number of hydrogen-bond donors (Lipinski definition) is 3. The zero-order valence-electron chi connectivity index (χ0n) is 15.2. The van der Waals surface area contributed by atoms with Crippen LogP contribution in [0.5, 0.6) is 0 Å². The van der Waals surface area contributed by atoms with Crippen LogP contribution in [0.3, 0.4) is 0 Å². The van der Waals surface area contributed by atoms with Crippen molar-refractivity contribution in [3.05, 3.63) is 42.1 Å². The smallest absolute Gasteiger partial charge is 0.325 e. The minimum absolute atomic E-state index is 0.406. The van der Waals surface area contributed by atoms with Gasteiger partial charge in [0, 0.05) is 11.6 Å². The summed E-state index contributed by atoms with van der Waals surface area (Å²) in [5.41, 5.74) is 0.473. The normalized spacial score (nSPS) is 13.7. The molecule has 1 aromatic carbocycles. The summed E-state index contributed by atoms with van der Waals surface area (Å²) in [5.74, 6) is -2.10. The minimum atomic E-state index is -1.14. The highest BCUT2D eigenvalue weighted by molar-refractivity contribution is 6.07. The van der Waals surface area contributed by atoms with Gasteiger partial charge < -0.3 is 15.7 Å². The molecule has 26 heavy (non-hydrogen) atoms. The number of rotatable bonds is 5. The van der Waals surface area contributed by atoms with Crippen LogP contribution >= 0.6 is 0 Å².